The Morgan fingerprint density at radius 3 is 1.56 bits per heavy atom. The Kier molecular flexibility index (Phi) is 8.66. The SMILES string of the molecule is C=CC1CCC(c2ccc(C3CCC(C4CCC(c5ccc(CCC)c(F)c5)CC4)CC3)cc2)CC1. The maximum Gasteiger partial charge on any atom is 0.126 e. The van der Waals surface area contributed by atoms with Crippen LogP contribution in [0.3, 0.4) is 0 Å². The molecular formula is C35H47F. The Hall–Kier alpha value is -1.89. The summed E-state index contributed by atoms with van der Waals surface area (Å²) in [5.41, 5.74) is 5.27. The van der Waals surface area contributed by atoms with Gasteiger partial charge in [-0.25, -0.2) is 4.39 Å². The third-order valence-electron chi connectivity index (χ3n) is 10.3. The number of halogens is 1. The van der Waals surface area contributed by atoms with Crippen LogP contribution in [-0.2, 0) is 6.42 Å². The summed E-state index contributed by atoms with van der Waals surface area (Å²) in [4.78, 5) is 0. The van der Waals surface area contributed by atoms with Crippen molar-refractivity contribution in [3.63, 3.8) is 0 Å². The molecule has 1 heteroatoms. The monoisotopic (exact) mass is 486 g/mol. The van der Waals surface area contributed by atoms with Gasteiger partial charge in [0.05, 0.1) is 0 Å². The highest BCUT2D eigenvalue weighted by Crippen LogP contribution is 2.46. The van der Waals surface area contributed by atoms with E-state index in [-0.39, 0.29) is 5.82 Å². The van der Waals surface area contributed by atoms with E-state index in [4.69, 9.17) is 0 Å². The molecule has 3 saturated carbocycles. The fraction of sp³-hybridized carbons (Fsp3) is 0.600. The lowest BCUT2D eigenvalue weighted by Crippen LogP contribution is -2.25. The van der Waals surface area contributed by atoms with Crippen LogP contribution in [0.2, 0.25) is 0 Å². The van der Waals surface area contributed by atoms with Crippen LogP contribution in [-0.4, -0.2) is 0 Å². The normalized spacial score (nSPS) is 31.2. The lowest BCUT2D eigenvalue weighted by Gasteiger charge is -2.38. The molecule has 0 radical (unpaired) electrons. The summed E-state index contributed by atoms with van der Waals surface area (Å²) in [6.07, 6.45) is 19.9. The fourth-order valence-electron chi connectivity index (χ4n) is 7.87. The van der Waals surface area contributed by atoms with Crippen molar-refractivity contribution in [3.05, 3.63) is 83.2 Å². The molecule has 0 atom stereocenters. The van der Waals surface area contributed by atoms with Gasteiger partial charge >= 0.3 is 0 Å². The van der Waals surface area contributed by atoms with Gasteiger partial charge in [-0.15, -0.1) is 6.58 Å². The average Bonchev–Trinajstić information content (AvgIpc) is 2.95. The molecule has 0 aromatic heterocycles. The molecule has 0 nitrogen and oxygen atoms in total. The van der Waals surface area contributed by atoms with Gasteiger partial charge in [0.25, 0.3) is 0 Å². The molecule has 0 N–H and O–H groups in total. The molecule has 0 heterocycles. The molecule has 194 valence electrons. The predicted octanol–water partition coefficient (Wildman–Crippen LogP) is 10.5. The van der Waals surface area contributed by atoms with Gasteiger partial charge in [0.1, 0.15) is 5.82 Å². The summed E-state index contributed by atoms with van der Waals surface area (Å²) in [7, 11) is 0. The third-order valence-corrected chi connectivity index (χ3v) is 10.3. The molecule has 36 heavy (non-hydrogen) atoms. The van der Waals surface area contributed by atoms with E-state index in [9.17, 15) is 4.39 Å². The number of benzene rings is 2. The molecule has 3 aliphatic carbocycles. The molecule has 0 saturated heterocycles. The van der Waals surface area contributed by atoms with E-state index in [2.05, 4.69) is 49.9 Å². The highest BCUT2D eigenvalue weighted by atomic mass is 19.1. The van der Waals surface area contributed by atoms with Crippen molar-refractivity contribution < 1.29 is 4.39 Å². The molecule has 0 spiro atoms. The minimum atomic E-state index is 0.0166. The minimum absolute atomic E-state index is 0.0166. The van der Waals surface area contributed by atoms with E-state index in [0.29, 0.717) is 5.92 Å². The largest absolute Gasteiger partial charge is 0.207 e. The second-order valence-electron chi connectivity index (χ2n) is 12.3. The van der Waals surface area contributed by atoms with Crippen molar-refractivity contribution in [2.24, 2.45) is 17.8 Å². The van der Waals surface area contributed by atoms with Crippen LogP contribution in [0.1, 0.15) is 130 Å². The summed E-state index contributed by atoms with van der Waals surface area (Å²) in [5.74, 6) is 4.63. The van der Waals surface area contributed by atoms with Gasteiger partial charge in [0, 0.05) is 0 Å². The zero-order valence-electron chi connectivity index (χ0n) is 22.6. The van der Waals surface area contributed by atoms with Gasteiger partial charge in [0.15, 0.2) is 0 Å². The molecule has 5 rings (SSSR count). The minimum Gasteiger partial charge on any atom is -0.207 e. The van der Waals surface area contributed by atoms with Crippen molar-refractivity contribution in [1.29, 1.82) is 0 Å². The van der Waals surface area contributed by atoms with E-state index in [0.717, 1.165) is 48.0 Å². The quantitative estimate of drug-likeness (QED) is 0.341. The Morgan fingerprint density at radius 1 is 0.667 bits per heavy atom. The number of aryl methyl sites for hydroxylation is 1. The van der Waals surface area contributed by atoms with Crippen molar-refractivity contribution in [1.82, 2.24) is 0 Å². The molecule has 0 unspecified atom stereocenters. The van der Waals surface area contributed by atoms with Crippen LogP contribution in [0.5, 0.6) is 0 Å². The number of hydrogen-bond acceptors (Lipinski definition) is 0. The van der Waals surface area contributed by atoms with E-state index in [1.165, 1.54) is 82.6 Å². The Labute approximate surface area is 219 Å². The maximum absolute atomic E-state index is 14.5. The molecule has 3 fully saturated rings. The lowest BCUT2D eigenvalue weighted by molar-refractivity contribution is 0.177. The first-order valence-electron chi connectivity index (χ1n) is 15.1. The molecule has 0 aliphatic heterocycles. The summed E-state index contributed by atoms with van der Waals surface area (Å²) in [6, 6.07) is 15.9. The predicted molar refractivity (Wildman–Crippen MR) is 151 cm³/mol. The maximum atomic E-state index is 14.5. The van der Waals surface area contributed by atoms with Gasteiger partial charge in [-0.2, -0.15) is 0 Å². The topological polar surface area (TPSA) is 0 Å². The van der Waals surface area contributed by atoms with E-state index in [1.54, 1.807) is 11.1 Å². The molecule has 0 amide bonds. The van der Waals surface area contributed by atoms with Crippen LogP contribution < -0.4 is 0 Å². The standard InChI is InChI=1S/C35H47F/c1-3-5-33-22-23-34(24-35(33)36)32-20-18-31(19-21-32)30-16-14-29(15-17-30)28-12-10-27(11-13-28)26-8-6-25(4-2)7-9-26/h4,10-13,22-26,29-32H,2-3,5-9,14-21H2,1H3. The zero-order valence-corrected chi connectivity index (χ0v) is 22.6. The van der Waals surface area contributed by atoms with Gasteiger partial charge in [0.2, 0.25) is 0 Å². The van der Waals surface area contributed by atoms with Gasteiger partial charge in [-0.05, 0) is 147 Å². The lowest BCUT2D eigenvalue weighted by atomic mass is 9.67. The molecular weight excluding hydrogens is 439 g/mol. The van der Waals surface area contributed by atoms with Crippen LogP contribution in [0.25, 0.3) is 0 Å². The second kappa shape index (κ2) is 12.1. The van der Waals surface area contributed by atoms with E-state index < -0.39 is 0 Å². The summed E-state index contributed by atoms with van der Waals surface area (Å²) in [6.45, 7) is 6.11. The summed E-state index contributed by atoms with van der Waals surface area (Å²) < 4.78 is 14.5. The van der Waals surface area contributed by atoms with E-state index >= 15 is 0 Å². The molecule has 2 aromatic rings. The highest BCUT2D eigenvalue weighted by molar-refractivity contribution is 5.29. The summed E-state index contributed by atoms with van der Waals surface area (Å²) in [5, 5.41) is 0. The van der Waals surface area contributed by atoms with Crippen molar-refractivity contribution in [3.8, 4) is 0 Å². The Balaban J connectivity index is 1.08. The smallest absolute Gasteiger partial charge is 0.126 e. The highest BCUT2D eigenvalue weighted by Gasteiger charge is 2.32. The fourth-order valence-corrected chi connectivity index (χ4v) is 7.87. The first-order valence-corrected chi connectivity index (χ1v) is 15.1. The van der Waals surface area contributed by atoms with Crippen LogP contribution in [0.4, 0.5) is 4.39 Å². The van der Waals surface area contributed by atoms with Gasteiger partial charge < -0.3 is 0 Å². The number of allylic oxidation sites excluding steroid dienone is 1. The van der Waals surface area contributed by atoms with Crippen molar-refractivity contribution >= 4 is 0 Å². The first kappa shape index (κ1) is 25.7. The van der Waals surface area contributed by atoms with Gasteiger partial charge in [-0.3, -0.25) is 0 Å². The summed E-state index contributed by atoms with van der Waals surface area (Å²) >= 11 is 0. The zero-order chi connectivity index (χ0) is 24.9. The van der Waals surface area contributed by atoms with Crippen molar-refractivity contribution in [2.75, 3.05) is 0 Å². The van der Waals surface area contributed by atoms with Gasteiger partial charge in [-0.1, -0.05) is 55.8 Å². The Bertz CT molecular complexity index is 964. The Morgan fingerprint density at radius 2 is 1.11 bits per heavy atom. The van der Waals surface area contributed by atoms with Crippen LogP contribution >= 0.6 is 0 Å². The molecule has 2 aromatic carbocycles. The average molecular weight is 487 g/mol. The number of hydrogen-bond donors (Lipinski definition) is 0. The second-order valence-corrected chi connectivity index (χ2v) is 12.3. The van der Waals surface area contributed by atoms with E-state index in [1.807, 2.05) is 12.1 Å². The van der Waals surface area contributed by atoms with Crippen molar-refractivity contribution in [2.45, 2.75) is 115 Å². The third kappa shape index (κ3) is 5.98. The molecule has 0 bridgehead atoms. The van der Waals surface area contributed by atoms with Crippen LogP contribution in [0.15, 0.2) is 55.1 Å². The number of rotatable bonds is 7. The van der Waals surface area contributed by atoms with Crippen LogP contribution in [0, 0.1) is 23.6 Å². The molecule has 3 aliphatic rings. The first-order chi connectivity index (χ1) is 17.6.